The maximum absolute atomic E-state index is 6.23. The summed E-state index contributed by atoms with van der Waals surface area (Å²) in [5.41, 5.74) is 8.65. The second kappa shape index (κ2) is 5.96. The van der Waals surface area contributed by atoms with Gasteiger partial charge in [0.1, 0.15) is 0 Å². The average Bonchev–Trinajstić information content (AvgIpc) is 2.84. The first-order valence-electron chi connectivity index (χ1n) is 5.65. The van der Waals surface area contributed by atoms with Crippen molar-refractivity contribution in [3.8, 4) is 0 Å². The van der Waals surface area contributed by atoms with E-state index in [0.717, 1.165) is 12.0 Å². The minimum Gasteiger partial charge on any atom is -0.375 e. The number of benzene rings is 1. The first-order chi connectivity index (χ1) is 8.31. The van der Waals surface area contributed by atoms with Gasteiger partial charge in [-0.05, 0) is 34.4 Å². The zero-order chi connectivity index (χ0) is 12.1. The molecule has 1 aromatic heterocycles. The quantitative estimate of drug-likeness (QED) is 0.881. The molecule has 2 unspecified atom stereocenters. The lowest BCUT2D eigenvalue weighted by molar-refractivity contribution is 0.0803. The van der Waals surface area contributed by atoms with E-state index in [1.807, 2.05) is 18.2 Å². The van der Waals surface area contributed by atoms with Crippen LogP contribution in [0, 0.1) is 0 Å². The molecule has 1 aromatic carbocycles. The summed E-state index contributed by atoms with van der Waals surface area (Å²) in [6.45, 7) is 0. The Morgan fingerprint density at radius 3 is 2.59 bits per heavy atom. The highest BCUT2D eigenvalue weighted by Crippen LogP contribution is 2.22. The lowest BCUT2D eigenvalue weighted by Gasteiger charge is -2.22. The van der Waals surface area contributed by atoms with Gasteiger partial charge in [-0.3, -0.25) is 0 Å². The van der Waals surface area contributed by atoms with Crippen molar-refractivity contribution < 1.29 is 4.74 Å². The Labute approximate surface area is 106 Å². The van der Waals surface area contributed by atoms with Crippen LogP contribution in [0.15, 0.2) is 47.2 Å². The molecule has 17 heavy (non-hydrogen) atoms. The summed E-state index contributed by atoms with van der Waals surface area (Å²) in [5.74, 6) is 0. The van der Waals surface area contributed by atoms with Gasteiger partial charge in [0.05, 0.1) is 6.10 Å². The molecule has 0 saturated heterocycles. The molecule has 0 aliphatic heterocycles. The van der Waals surface area contributed by atoms with Gasteiger partial charge in [0.2, 0.25) is 0 Å². The predicted octanol–water partition coefficient (Wildman–Crippen LogP) is 3.01. The van der Waals surface area contributed by atoms with Gasteiger partial charge in [-0.15, -0.1) is 0 Å². The number of methoxy groups -OCH3 is 1. The molecular formula is C14H17NOS. The van der Waals surface area contributed by atoms with E-state index in [2.05, 4.69) is 29.0 Å². The highest BCUT2D eigenvalue weighted by atomic mass is 32.1. The lowest BCUT2D eigenvalue weighted by Crippen LogP contribution is -2.31. The molecule has 1 heterocycles. The summed E-state index contributed by atoms with van der Waals surface area (Å²) in [4.78, 5) is 0. The zero-order valence-electron chi connectivity index (χ0n) is 9.87. The molecule has 0 spiro atoms. The van der Waals surface area contributed by atoms with Crippen molar-refractivity contribution in [1.82, 2.24) is 0 Å². The monoisotopic (exact) mass is 247 g/mol. The Kier molecular flexibility index (Phi) is 4.31. The third kappa shape index (κ3) is 3.16. The largest absolute Gasteiger partial charge is 0.375 e. The summed E-state index contributed by atoms with van der Waals surface area (Å²) < 4.78 is 5.53. The third-order valence-electron chi connectivity index (χ3n) is 2.82. The molecule has 0 bridgehead atoms. The Morgan fingerprint density at radius 1 is 1.24 bits per heavy atom. The number of thiophene rings is 1. The minimum absolute atomic E-state index is 0.0167. The fourth-order valence-electron chi connectivity index (χ4n) is 1.99. The van der Waals surface area contributed by atoms with Crippen molar-refractivity contribution in [3.63, 3.8) is 0 Å². The minimum atomic E-state index is -0.0453. The van der Waals surface area contributed by atoms with E-state index >= 15 is 0 Å². The first kappa shape index (κ1) is 12.3. The first-order valence-corrected chi connectivity index (χ1v) is 6.60. The van der Waals surface area contributed by atoms with E-state index in [1.165, 1.54) is 5.56 Å². The van der Waals surface area contributed by atoms with Crippen LogP contribution in [0.25, 0.3) is 0 Å². The third-order valence-corrected chi connectivity index (χ3v) is 3.55. The number of rotatable bonds is 5. The molecule has 0 radical (unpaired) electrons. The summed E-state index contributed by atoms with van der Waals surface area (Å²) in [7, 11) is 1.71. The highest BCUT2D eigenvalue weighted by molar-refractivity contribution is 7.07. The van der Waals surface area contributed by atoms with Crippen molar-refractivity contribution in [1.29, 1.82) is 0 Å². The van der Waals surface area contributed by atoms with Crippen LogP contribution in [-0.4, -0.2) is 13.2 Å². The van der Waals surface area contributed by atoms with Gasteiger partial charge in [-0.1, -0.05) is 30.3 Å². The second-order valence-electron chi connectivity index (χ2n) is 4.07. The van der Waals surface area contributed by atoms with E-state index in [9.17, 15) is 0 Å². The van der Waals surface area contributed by atoms with Crippen LogP contribution in [0.3, 0.4) is 0 Å². The van der Waals surface area contributed by atoms with Crippen molar-refractivity contribution in [2.75, 3.05) is 7.11 Å². The van der Waals surface area contributed by atoms with Crippen LogP contribution >= 0.6 is 11.3 Å². The molecule has 2 rings (SSSR count). The van der Waals surface area contributed by atoms with Crippen LogP contribution in [0.5, 0.6) is 0 Å². The number of hydrogen-bond donors (Lipinski definition) is 1. The van der Waals surface area contributed by atoms with E-state index < -0.39 is 0 Å². The Bertz CT molecular complexity index is 427. The van der Waals surface area contributed by atoms with Crippen LogP contribution < -0.4 is 5.73 Å². The maximum atomic E-state index is 6.23. The van der Waals surface area contributed by atoms with Gasteiger partial charge in [-0.25, -0.2) is 0 Å². The lowest BCUT2D eigenvalue weighted by atomic mass is 9.98. The fourth-order valence-corrected chi connectivity index (χ4v) is 2.67. The normalized spacial score (nSPS) is 14.5. The van der Waals surface area contributed by atoms with Crippen molar-refractivity contribution in [3.05, 3.63) is 58.3 Å². The van der Waals surface area contributed by atoms with Gasteiger partial charge in [0.15, 0.2) is 0 Å². The van der Waals surface area contributed by atoms with E-state index in [0.29, 0.717) is 0 Å². The topological polar surface area (TPSA) is 35.2 Å². The van der Waals surface area contributed by atoms with Gasteiger partial charge in [0.25, 0.3) is 0 Å². The van der Waals surface area contributed by atoms with E-state index in [-0.39, 0.29) is 12.1 Å². The molecule has 0 fully saturated rings. The van der Waals surface area contributed by atoms with Crippen molar-refractivity contribution >= 4 is 11.3 Å². The Hall–Kier alpha value is -1.16. The molecule has 2 N–H and O–H groups in total. The molecule has 2 atom stereocenters. The Morgan fingerprint density at radius 2 is 2.00 bits per heavy atom. The molecule has 0 aliphatic rings. The standard InChI is InChI=1S/C14H17NOS/c1-16-14(12-5-3-2-4-6-12)13(15)9-11-7-8-17-10-11/h2-8,10,13-14H,9,15H2,1H3. The molecular weight excluding hydrogens is 230 g/mol. The predicted molar refractivity (Wildman–Crippen MR) is 72.2 cm³/mol. The summed E-state index contributed by atoms with van der Waals surface area (Å²) in [5, 5.41) is 4.21. The number of hydrogen-bond acceptors (Lipinski definition) is 3. The zero-order valence-corrected chi connectivity index (χ0v) is 10.7. The summed E-state index contributed by atoms with van der Waals surface area (Å²) in [6, 6.07) is 12.2. The molecule has 0 saturated carbocycles. The molecule has 2 aromatic rings. The molecule has 0 aliphatic carbocycles. The van der Waals surface area contributed by atoms with E-state index in [4.69, 9.17) is 10.5 Å². The SMILES string of the molecule is COC(c1ccccc1)C(N)Cc1ccsc1. The summed E-state index contributed by atoms with van der Waals surface area (Å²) in [6.07, 6.45) is 0.799. The van der Waals surface area contributed by atoms with Crippen LogP contribution in [-0.2, 0) is 11.2 Å². The number of nitrogens with two attached hydrogens (primary N) is 1. The maximum Gasteiger partial charge on any atom is 0.0975 e. The van der Waals surface area contributed by atoms with Gasteiger partial charge < -0.3 is 10.5 Å². The van der Waals surface area contributed by atoms with Crippen LogP contribution in [0.1, 0.15) is 17.2 Å². The van der Waals surface area contributed by atoms with Gasteiger partial charge in [0, 0.05) is 13.2 Å². The second-order valence-corrected chi connectivity index (χ2v) is 4.85. The molecule has 3 heteroatoms. The van der Waals surface area contributed by atoms with E-state index in [1.54, 1.807) is 18.4 Å². The summed E-state index contributed by atoms with van der Waals surface area (Å²) >= 11 is 1.70. The fraction of sp³-hybridized carbons (Fsp3) is 0.286. The molecule has 90 valence electrons. The van der Waals surface area contributed by atoms with Crippen molar-refractivity contribution in [2.24, 2.45) is 5.73 Å². The Balaban J connectivity index is 2.08. The van der Waals surface area contributed by atoms with Crippen molar-refractivity contribution in [2.45, 2.75) is 18.6 Å². The van der Waals surface area contributed by atoms with Gasteiger partial charge >= 0.3 is 0 Å². The molecule has 0 amide bonds. The molecule has 2 nitrogen and oxygen atoms in total. The number of ether oxygens (including phenoxy) is 1. The van der Waals surface area contributed by atoms with Crippen LogP contribution in [0.2, 0.25) is 0 Å². The highest BCUT2D eigenvalue weighted by Gasteiger charge is 2.19. The smallest absolute Gasteiger partial charge is 0.0975 e. The van der Waals surface area contributed by atoms with Crippen LogP contribution in [0.4, 0.5) is 0 Å². The average molecular weight is 247 g/mol. The van der Waals surface area contributed by atoms with Gasteiger partial charge in [-0.2, -0.15) is 11.3 Å².